The van der Waals surface area contributed by atoms with Crippen molar-refractivity contribution in [3.8, 4) is 11.3 Å². The molecule has 146 valence electrons. The molecule has 0 aliphatic carbocycles. The first kappa shape index (κ1) is 18.6. The summed E-state index contributed by atoms with van der Waals surface area (Å²) in [5.74, 6) is 1.13. The SMILES string of the molecule is Cc1noc(C2CN(C(=O)Nc3ccccc3-c3csc(C)n3)CCN2C)n1. The summed E-state index contributed by atoms with van der Waals surface area (Å²) in [5.41, 5.74) is 2.54. The lowest BCUT2D eigenvalue weighted by atomic mass is 10.1. The molecule has 1 fully saturated rings. The van der Waals surface area contributed by atoms with E-state index in [1.54, 1.807) is 23.2 Å². The molecule has 8 nitrogen and oxygen atoms in total. The molecule has 1 N–H and O–H groups in total. The number of aromatic nitrogens is 3. The summed E-state index contributed by atoms with van der Waals surface area (Å²) in [6.45, 7) is 5.61. The minimum atomic E-state index is -0.145. The van der Waals surface area contributed by atoms with Crippen LogP contribution in [0.4, 0.5) is 10.5 Å². The molecular weight excluding hydrogens is 376 g/mol. The number of nitrogens with one attached hydrogen (secondary N) is 1. The van der Waals surface area contributed by atoms with Crippen molar-refractivity contribution in [3.05, 3.63) is 46.4 Å². The zero-order chi connectivity index (χ0) is 19.7. The number of hydrogen-bond acceptors (Lipinski definition) is 7. The zero-order valence-electron chi connectivity index (χ0n) is 16.0. The molecule has 1 unspecified atom stereocenters. The van der Waals surface area contributed by atoms with E-state index in [-0.39, 0.29) is 12.1 Å². The number of aryl methyl sites for hydroxylation is 2. The summed E-state index contributed by atoms with van der Waals surface area (Å²) < 4.78 is 5.33. The highest BCUT2D eigenvalue weighted by molar-refractivity contribution is 7.09. The Morgan fingerprint density at radius 3 is 2.79 bits per heavy atom. The number of anilines is 1. The normalized spacial score (nSPS) is 17.7. The lowest BCUT2D eigenvalue weighted by molar-refractivity contribution is 0.0960. The molecule has 2 aromatic heterocycles. The predicted octanol–water partition coefficient (Wildman–Crippen LogP) is 3.33. The Balaban J connectivity index is 1.51. The number of para-hydroxylation sites is 1. The largest absolute Gasteiger partial charge is 0.338 e. The maximum Gasteiger partial charge on any atom is 0.321 e. The molecular formula is C19H22N6O2S. The molecule has 1 atom stereocenters. The second kappa shape index (κ2) is 7.69. The number of nitrogens with zero attached hydrogens (tertiary/aromatic N) is 5. The van der Waals surface area contributed by atoms with Crippen LogP contribution in [0.25, 0.3) is 11.3 Å². The minimum Gasteiger partial charge on any atom is -0.338 e. The van der Waals surface area contributed by atoms with Crippen LogP contribution in [0, 0.1) is 13.8 Å². The van der Waals surface area contributed by atoms with Gasteiger partial charge in [-0.2, -0.15) is 4.98 Å². The van der Waals surface area contributed by atoms with Crippen LogP contribution in [-0.4, -0.2) is 57.6 Å². The fraction of sp³-hybridized carbons (Fsp3) is 0.368. The highest BCUT2D eigenvalue weighted by atomic mass is 32.1. The lowest BCUT2D eigenvalue weighted by Gasteiger charge is -2.37. The van der Waals surface area contributed by atoms with Gasteiger partial charge in [0.1, 0.15) is 6.04 Å². The van der Waals surface area contributed by atoms with Crippen molar-refractivity contribution >= 4 is 23.1 Å². The van der Waals surface area contributed by atoms with Gasteiger partial charge in [0.15, 0.2) is 5.82 Å². The Labute approximate surface area is 167 Å². The summed E-state index contributed by atoms with van der Waals surface area (Å²) in [5, 5.41) is 9.92. The summed E-state index contributed by atoms with van der Waals surface area (Å²) in [6.07, 6.45) is 0. The summed E-state index contributed by atoms with van der Waals surface area (Å²) in [7, 11) is 2.00. The van der Waals surface area contributed by atoms with E-state index in [1.165, 1.54) is 0 Å². The van der Waals surface area contributed by atoms with E-state index in [9.17, 15) is 4.79 Å². The Morgan fingerprint density at radius 2 is 2.07 bits per heavy atom. The third kappa shape index (κ3) is 3.76. The Morgan fingerprint density at radius 1 is 1.25 bits per heavy atom. The average molecular weight is 398 g/mol. The van der Waals surface area contributed by atoms with Crippen LogP contribution in [0.15, 0.2) is 34.2 Å². The van der Waals surface area contributed by atoms with Crippen molar-refractivity contribution < 1.29 is 9.32 Å². The van der Waals surface area contributed by atoms with E-state index in [0.29, 0.717) is 24.8 Å². The molecule has 0 spiro atoms. The number of amides is 2. The molecule has 0 radical (unpaired) electrons. The number of rotatable bonds is 3. The minimum absolute atomic E-state index is 0.114. The van der Waals surface area contributed by atoms with Gasteiger partial charge in [0.05, 0.1) is 16.4 Å². The van der Waals surface area contributed by atoms with Crippen LogP contribution in [0.5, 0.6) is 0 Å². The molecule has 1 aromatic carbocycles. The molecule has 1 saturated heterocycles. The van der Waals surface area contributed by atoms with E-state index >= 15 is 0 Å². The lowest BCUT2D eigenvalue weighted by Crippen LogP contribution is -2.50. The number of thiazole rings is 1. The van der Waals surface area contributed by atoms with Gasteiger partial charge in [0.2, 0.25) is 5.89 Å². The molecule has 0 saturated carbocycles. The van der Waals surface area contributed by atoms with E-state index in [0.717, 1.165) is 28.5 Å². The van der Waals surface area contributed by atoms with Gasteiger partial charge in [0.25, 0.3) is 0 Å². The van der Waals surface area contributed by atoms with Crippen LogP contribution < -0.4 is 5.32 Å². The summed E-state index contributed by atoms with van der Waals surface area (Å²) >= 11 is 1.59. The van der Waals surface area contributed by atoms with Gasteiger partial charge < -0.3 is 14.7 Å². The second-order valence-electron chi connectivity index (χ2n) is 6.85. The summed E-state index contributed by atoms with van der Waals surface area (Å²) in [4.78, 5) is 25.7. The molecule has 2 amide bonds. The molecule has 9 heteroatoms. The van der Waals surface area contributed by atoms with Crippen molar-refractivity contribution in [1.29, 1.82) is 0 Å². The van der Waals surface area contributed by atoms with Gasteiger partial charge in [-0.25, -0.2) is 9.78 Å². The van der Waals surface area contributed by atoms with Crippen LogP contribution in [0.3, 0.4) is 0 Å². The van der Waals surface area contributed by atoms with E-state index in [4.69, 9.17) is 4.52 Å². The fourth-order valence-corrected chi connectivity index (χ4v) is 3.88. The van der Waals surface area contributed by atoms with Crippen LogP contribution in [0.2, 0.25) is 0 Å². The highest BCUT2D eigenvalue weighted by Gasteiger charge is 2.32. The molecule has 4 rings (SSSR count). The Bertz CT molecular complexity index is 984. The van der Waals surface area contributed by atoms with Gasteiger partial charge in [0, 0.05) is 30.6 Å². The van der Waals surface area contributed by atoms with E-state index in [2.05, 4.69) is 25.3 Å². The molecule has 28 heavy (non-hydrogen) atoms. The van der Waals surface area contributed by atoms with Gasteiger partial charge >= 0.3 is 6.03 Å². The number of benzene rings is 1. The van der Waals surface area contributed by atoms with Crippen molar-refractivity contribution in [1.82, 2.24) is 24.9 Å². The van der Waals surface area contributed by atoms with E-state index < -0.39 is 0 Å². The first-order valence-corrected chi connectivity index (χ1v) is 9.97. The molecule has 3 aromatic rings. The van der Waals surface area contributed by atoms with Gasteiger partial charge in [-0.1, -0.05) is 23.4 Å². The van der Waals surface area contributed by atoms with Gasteiger partial charge in [-0.3, -0.25) is 4.90 Å². The number of urea groups is 1. The zero-order valence-corrected chi connectivity index (χ0v) is 16.9. The standard InChI is InChI=1S/C19H22N6O2S/c1-12-20-18(27-23-12)17-10-25(9-8-24(17)3)19(26)22-15-7-5-4-6-14(15)16-11-28-13(2)21-16/h4-7,11,17H,8-10H2,1-3H3,(H,22,26). The number of piperazine rings is 1. The smallest absolute Gasteiger partial charge is 0.321 e. The van der Waals surface area contributed by atoms with Crippen LogP contribution >= 0.6 is 11.3 Å². The van der Waals surface area contributed by atoms with Crippen LogP contribution in [-0.2, 0) is 0 Å². The quantitative estimate of drug-likeness (QED) is 0.728. The summed E-state index contributed by atoms with van der Waals surface area (Å²) in [6, 6.07) is 7.47. The number of carbonyl (C=O) groups is 1. The van der Waals surface area contributed by atoms with Gasteiger partial charge in [-0.15, -0.1) is 11.3 Å². The van der Waals surface area contributed by atoms with Crippen molar-refractivity contribution in [2.24, 2.45) is 0 Å². The maximum atomic E-state index is 13.0. The Hall–Kier alpha value is -2.78. The van der Waals surface area contributed by atoms with Crippen molar-refractivity contribution in [3.63, 3.8) is 0 Å². The highest BCUT2D eigenvalue weighted by Crippen LogP contribution is 2.29. The molecule has 1 aliphatic heterocycles. The van der Waals surface area contributed by atoms with Crippen LogP contribution in [0.1, 0.15) is 22.8 Å². The number of likely N-dealkylation sites (N-methyl/N-ethyl adjacent to an activating group) is 1. The number of carbonyl (C=O) groups excluding carboxylic acids is 1. The second-order valence-corrected chi connectivity index (χ2v) is 7.91. The van der Waals surface area contributed by atoms with E-state index in [1.807, 2.05) is 43.6 Å². The maximum absolute atomic E-state index is 13.0. The first-order chi connectivity index (χ1) is 13.5. The van der Waals surface area contributed by atoms with Gasteiger partial charge in [-0.05, 0) is 27.0 Å². The fourth-order valence-electron chi connectivity index (χ4n) is 3.27. The third-order valence-corrected chi connectivity index (χ3v) is 5.60. The number of hydrogen-bond donors (Lipinski definition) is 1. The first-order valence-electron chi connectivity index (χ1n) is 9.09. The molecule has 1 aliphatic rings. The molecule has 3 heterocycles. The third-order valence-electron chi connectivity index (χ3n) is 4.83. The molecule has 0 bridgehead atoms. The monoisotopic (exact) mass is 398 g/mol. The van der Waals surface area contributed by atoms with Crippen molar-refractivity contribution in [2.45, 2.75) is 19.9 Å². The predicted molar refractivity (Wildman–Crippen MR) is 107 cm³/mol. The van der Waals surface area contributed by atoms with Crippen molar-refractivity contribution in [2.75, 3.05) is 32.0 Å². The average Bonchev–Trinajstić information content (AvgIpc) is 3.31. The topological polar surface area (TPSA) is 87.4 Å². The Kier molecular flexibility index (Phi) is 5.10.